The van der Waals surface area contributed by atoms with Crippen molar-refractivity contribution in [2.45, 2.75) is 38.0 Å². The lowest BCUT2D eigenvalue weighted by Gasteiger charge is -2.18. The van der Waals surface area contributed by atoms with Crippen LogP contribution in [0.2, 0.25) is 0 Å². The van der Waals surface area contributed by atoms with E-state index in [1.807, 2.05) is 6.92 Å². The third-order valence-corrected chi connectivity index (χ3v) is 3.67. The molecule has 0 saturated heterocycles. The fourth-order valence-electron chi connectivity index (χ4n) is 2.62. The van der Waals surface area contributed by atoms with Crippen molar-refractivity contribution in [1.82, 2.24) is 5.32 Å². The van der Waals surface area contributed by atoms with E-state index >= 15 is 0 Å². The highest BCUT2D eigenvalue weighted by Gasteiger charge is 2.21. The van der Waals surface area contributed by atoms with Crippen molar-refractivity contribution in [3.63, 3.8) is 0 Å². The molecular formula is C16H25NO3. The average molecular weight is 279 g/mol. The van der Waals surface area contributed by atoms with Crippen LogP contribution in [0.25, 0.3) is 0 Å². The first-order valence-corrected chi connectivity index (χ1v) is 7.27. The number of aliphatic hydroxyl groups is 1. The first-order valence-electron chi connectivity index (χ1n) is 7.27. The Hall–Kier alpha value is -0.940. The second kappa shape index (κ2) is 7.74. The largest absolute Gasteiger partial charge is 0.389 e. The summed E-state index contributed by atoms with van der Waals surface area (Å²) in [5, 5.41) is 13.3. The molecule has 0 aliphatic heterocycles. The minimum absolute atomic E-state index is 0.0189. The van der Waals surface area contributed by atoms with Crippen molar-refractivity contribution < 1.29 is 14.6 Å². The molecule has 2 N–H and O–H groups in total. The standard InChI is InChI=1S/C16H25NO3/c1-12(10-19-2)20-11-16(18)9-17-15-7-13-5-3-4-6-14(13)8-15/h3-6,12,15-18H,7-11H2,1-2H3. The molecule has 2 atom stereocenters. The van der Waals surface area contributed by atoms with E-state index in [1.165, 1.54) is 11.1 Å². The van der Waals surface area contributed by atoms with E-state index in [2.05, 4.69) is 29.6 Å². The summed E-state index contributed by atoms with van der Waals surface area (Å²) in [5.41, 5.74) is 2.84. The van der Waals surface area contributed by atoms with Gasteiger partial charge in [0.2, 0.25) is 0 Å². The summed E-state index contributed by atoms with van der Waals surface area (Å²) in [5.74, 6) is 0. The van der Waals surface area contributed by atoms with E-state index in [4.69, 9.17) is 9.47 Å². The van der Waals surface area contributed by atoms with E-state index < -0.39 is 6.10 Å². The van der Waals surface area contributed by atoms with Crippen LogP contribution in [0.3, 0.4) is 0 Å². The highest BCUT2D eigenvalue weighted by Crippen LogP contribution is 2.21. The number of rotatable bonds is 8. The monoisotopic (exact) mass is 279 g/mol. The topological polar surface area (TPSA) is 50.7 Å². The van der Waals surface area contributed by atoms with E-state index in [0.29, 0.717) is 25.8 Å². The molecule has 0 spiro atoms. The lowest BCUT2D eigenvalue weighted by molar-refractivity contribution is -0.0315. The molecule has 0 heterocycles. The predicted octanol–water partition coefficient (Wildman–Crippen LogP) is 1.16. The van der Waals surface area contributed by atoms with Gasteiger partial charge in [0, 0.05) is 19.7 Å². The third kappa shape index (κ3) is 4.56. The van der Waals surface area contributed by atoms with Gasteiger partial charge in [0.25, 0.3) is 0 Å². The van der Waals surface area contributed by atoms with Gasteiger partial charge in [-0.25, -0.2) is 0 Å². The molecular weight excluding hydrogens is 254 g/mol. The summed E-state index contributed by atoms with van der Waals surface area (Å²) in [4.78, 5) is 0. The number of fused-ring (bicyclic) bond motifs is 1. The van der Waals surface area contributed by atoms with Crippen molar-refractivity contribution in [3.05, 3.63) is 35.4 Å². The zero-order chi connectivity index (χ0) is 14.4. The molecule has 0 radical (unpaired) electrons. The third-order valence-electron chi connectivity index (χ3n) is 3.67. The van der Waals surface area contributed by atoms with Gasteiger partial charge in [0.05, 0.1) is 25.4 Å². The molecule has 20 heavy (non-hydrogen) atoms. The maximum absolute atomic E-state index is 9.92. The van der Waals surface area contributed by atoms with Crippen LogP contribution in [-0.2, 0) is 22.3 Å². The fraction of sp³-hybridized carbons (Fsp3) is 0.625. The van der Waals surface area contributed by atoms with Crippen LogP contribution in [0.5, 0.6) is 0 Å². The Bertz CT molecular complexity index is 385. The molecule has 112 valence electrons. The quantitative estimate of drug-likeness (QED) is 0.750. The Morgan fingerprint density at radius 3 is 2.50 bits per heavy atom. The fourth-order valence-corrected chi connectivity index (χ4v) is 2.62. The second-order valence-electron chi connectivity index (χ2n) is 5.54. The predicted molar refractivity (Wildman–Crippen MR) is 78.9 cm³/mol. The molecule has 4 nitrogen and oxygen atoms in total. The molecule has 0 fully saturated rings. The normalized spacial score (nSPS) is 17.9. The van der Waals surface area contributed by atoms with Gasteiger partial charge in [-0.2, -0.15) is 0 Å². The highest BCUT2D eigenvalue weighted by atomic mass is 16.5. The van der Waals surface area contributed by atoms with E-state index in [9.17, 15) is 5.11 Å². The van der Waals surface area contributed by atoms with Gasteiger partial charge in [-0.15, -0.1) is 0 Å². The Balaban J connectivity index is 1.64. The maximum atomic E-state index is 9.92. The van der Waals surface area contributed by atoms with E-state index in [1.54, 1.807) is 7.11 Å². The zero-order valence-electron chi connectivity index (χ0n) is 12.3. The van der Waals surface area contributed by atoms with Crippen molar-refractivity contribution in [2.75, 3.05) is 26.9 Å². The van der Waals surface area contributed by atoms with Gasteiger partial charge in [-0.05, 0) is 30.9 Å². The Kier molecular flexibility index (Phi) is 5.98. The van der Waals surface area contributed by atoms with Crippen LogP contribution in [-0.4, -0.2) is 50.2 Å². The summed E-state index contributed by atoms with van der Waals surface area (Å²) in [6.07, 6.45) is 1.64. The summed E-state index contributed by atoms with van der Waals surface area (Å²) < 4.78 is 10.5. The average Bonchev–Trinajstić information content (AvgIpc) is 2.86. The van der Waals surface area contributed by atoms with Gasteiger partial charge >= 0.3 is 0 Å². The number of methoxy groups -OCH3 is 1. The minimum atomic E-state index is -0.474. The summed E-state index contributed by atoms with van der Waals surface area (Å²) in [6, 6.07) is 8.96. The van der Waals surface area contributed by atoms with Gasteiger partial charge in [0.15, 0.2) is 0 Å². The molecule has 0 saturated carbocycles. The maximum Gasteiger partial charge on any atom is 0.0897 e. The van der Waals surface area contributed by atoms with Gasteiger partial charge < -0.3 is 19.9 Å². The van der Waals surface area contributed by atoms with Gasteiger partial charge in [-0.1, -0.05) is 24.3 Å². The molecule has 4 heteroatoms. The van der Waals surface area contributed by atoms with Gasteiger partial charge in [0.1, 0.15) is 0 Å². The lowest BCUT2D eigenvalue weighted by Crippen LogP contribution is -2.38. The van der Waals surface area contributed by atoms with Crippen LogP contribution < -0.4 is 5.32 Å². The van der Waals surface area contributed by atoms with Crippen LogP contribution in [0.1, 0.15) is 18.1 Å². The zero-order valence-corrected chi connectivity index (χ0v) is 12.3. The molecule has 2 rings (SSSR count). The minimum Gasteiger partial charge on any atom is -0.389 e. The molecule has 1 aromatic carbocycles. The molecule has 2 unspecified atom stereocenters. The number of hydrogen-bond acceptors (Lipinski definition) is 4. The molecule has 0 bridgehead atoms. The van der Waals surface area contributed by atoms with E-state index in [0.717, 1.165) is 12.8 Å². The molecule has 0 aromatic heterocycles. The number of hydrogen-bond donors (Lipinski definition) is 2. The van der Waals surface area contributed by atoms with Crippen LogP contribution in [0.15, 0.2) is 24.3 Å². The first kappa shape index (κ1) is 15.4. The van der Waals surface area contributed by atoms with Crippen LogP contribution in [0.4, 0.5) is 0 Å². The van der Waals surface area contributed by atoms with Gasteiger partial charge in [-0.3, -0.25) is 0 Å². The molecule has 1 aromatic rings. The molecule has 0 amide bonds. The SMILES string of the molecule is COCC(C)OCC(O)CNC1Cc2ccccc2C1. The second-order valence-corrected chi connectivity index (χ2v) is 5.54. The first-order chi connectivity index (χ1) is 9.69. The Morgan fingerprint density at radius 1 is 1.25 bits per heavy atom. The number of aliphatic hydroxyl groups excluding tert-OH is 1. The van der Waals surface area contributed by atoms with Crippen molar-refractivity contribution >= 4 is 0 Å². The van der Waals surface area contributed by atoms with E-state index in [-0.39, 0.29) is 6.10 Å². The smallest absolute Gasteiger partial charge is 0.0897 e. The van der Waals surface area contributed by atoms with Crippen LogP contribution >= 0.6 is 0 Å². The Morgan fingerprint density at radius 2 is 1.90 bits per heavy atom. The summed E-state index contributed by atoms with van der Waals surface area (Å²) in [7, 11) is 1.65. The summed E-state index contributed by atoms with van der Waals surface area (Å²) >= 11 is 0. The number of benzene rings is 1. The Labute approximate surface area is 121 Å². The summed E-state index contributed by atoms with van der Waals surface area (Å²) in [6.45, 7) is 3.41. The number of ether oxygens (including phenoxy) is 2. The van der Waals surface area contributed by atoms with Crippen LogP contribution in [0, 0.1) is 0 Å². The van der Waals surface area contributed by atoms with Crippen molar-refractivity contribution in [3.8, 4) is 0 Å². The highest BCUT2D eigenvalue weighted by molar-refractivity contribution is 5.33. The van der Waals surface area contributed by atoms with Crippen molar-refractivity contribution in [2.24, 2.45) is 0 Å². The van der Waals surface area contributed by atoms with Crippen molar-refractivity contribution in [1.29, 1.82) is 0 Å². The molecule has 1 aliphatic rings. The molecule has 1 aliphatic carbocycles. The lowest BCUT2D eigenvalue weighted by atomic mass is 10.1. The number of nitrogens with one attached hydrogen (secondary N) is 1.